The molecular weight excluding hydrogens is 560 g/mol. The number of aliphatic hydroxyl groups is 1. The highest BCUT2D eigenvalue weighted by molar-refractivity contribution is 5.69. The smallest absolute Gasteiger partial charge is 0.306 e. The quantitative estimate of drug-likeness (QED) is 0.101. The van der Waals surface area contributed by atoms with Crippen LogP contribution in [0.4, 0.5) is 0 Å². The van der Waals surface area contributed by atoms with Crippen LogP contribution in [0.15, 0.2) is 36.5 Å². The first-order valence-corrected chi connectivity index (χ1v) is 18.7. The molecule has 0 heterocycles. The largest absolute Gasteiger partial charge is 0.481 e. The number of carbonyl (C=O) groups excluding carboxylic acids is 1. The summed E-state index contributed by atoms with van der Waals surface area (Å²) in [5.74, 6) is 2.26. The van der Waals surface area contributed by atoms with Gasteiger partial charge in [-0.1, -0.05) is 70.6 Å². The van der Waals surface area contributed by atoms with Crippen molar-refractivity contribution in [2.45, 2.75) is 155 Å². The number of aliphatic hydroxyl groups excluding tert-OH is 1. The van der Waals surface area contributed by atoms with Crippen LogP contribution in [0, 0.1) is 46.3 Å². The molecular formula is C40H64O5. The highest BCUT2D eigenvalue weighted by Gasteiger charge is 2.63. The van der Waals surface area contributed by atoms with Crippen LogP contribution in [-0.2, 0) is 14.3 Å². The summed E-state index contributed by atoms with van der Waals surface area (Å²) in [7, 11) is 0. The minimum atomic E-state index is -0.715. The molecule has 0 aromatic rings. The number of carboxylic acid groups (broad SMARTS) is 1. The van der Waals surface area contributed by atoms with Crippen molar-refractivity contribution in [3.05, 3.63) is 36.5 Å². The summed E-state index contributed by atoms with van der Waals surface area (Å²) in [6, 6.07) is 0. The highest BCUT2D eigenvalue weighted by atomic mass is 16.5. The second-order valence-electron chi connectivity index (χ2n) is 15.6. The zero-order chi connectivity index (χ0) is 32.5. The molecule has 10 atom stereocenters. The molecule has 0 amide bonds. The average Bonchev–Trinajstić information content (AvgIpc) is 3.37. The number of rotatable bonds is 16. The van der Waals surface area contributed by atoms with Gasteiger partial charge in [-0.25, -0.2) is 0 Å². The molecule has 4 aliphatic carbocycles. The van der Waals surface area contributed by atoms with Crippen molar-refractivity contribution in [2.75, 3.05) is 0 Å². The van der Waals surface area contributed by atoms with Crippen molar-refractivity contribution < 1.29 is 24.5 Å². The molecule has 0 spiro atoms. The van der Waals surface area contributed by atoms with E-state index in [1.54, 1.807) is 0 Å². The molecule has 254 valence electrons. The van der Waals surface area contributed by atoms with Gasteiger partial charge in [0.05, 0.1) is 6.10 Å². The van der Waals surface area contributed by atoms with Crippen molar-refractivity contribution in [1.82, 2.24) is 0 Å². The zero-order valence-corrected chi connectivity index (χ0v) is 28.9. The van der Waals surface area contributed by atoms with Crippen LogP contribution in [-0.4, -0.2) is 34.4 Å². The second kappa shape index (κ2) is 16.8. The predicted molar refractivity (Wildman–Crippen MR) is 183 cm³/mol. The van der Waals surface area contributed by atoms with Crippen molar-refractivity contribution >= 4 is 11.9 Å². The lowest BCUT2D eigenvalue weighted by Gasteiger charge is -2.62. The summed E-state index contributed by atoms with van der Waals surface area (Å²) < 4.78 is 6.06. The fourth-order valence-electron chi connectivity index (χ4n) is 10.6. The van der Waals surface area contributed by atoms with E-state index in [2.05, 4.69) is 64.2 Å². The monoisotopic (exact) mass is 624 g/mol. The van der Waals surface area contributed by atoms with Gasteiger partial charge in [0.2, 0.25) is 0 Å². The number of hydrogen-bond acceptors (Lipinski definition) is 4. The number of unbranched alkanes of at least 4 members (excludes halogenated alkanes) is 3. The van der Waals surface area contributed by atoms with E-state index in [4.69, 9.17) is 4.74 Å². The number of hydrogen-bond donors (Lipinski definition) is 2. The third-order valence-corrected chi connectivity index (χ3v) is 13.1. The van der Waals surface area contributed by atoms with Crippen LogP contribution in [0.25, 0.3) is 0 Å². The fraction of sp³-hybridized carbons (Fsp3) is 0.800. The lowest BCUT2D eigenvalue weighted by atomic mass is 9.43. The summed E-state index contributed by atoms with van der Waals surface area (Å²) in [4.78, 5) is 24.0. The molecule has 4 fully saturated rings. The van der Waals surface area contributed by atoms with Crippen molar-refractivity contribution in [3.8, 4) is 0 Å². The third-order valence-electron chi connectivity index (χ3n) is 13.1. The minimum absolute atomic E-state index is 0.0204. The van der Waals surface area contributed by atoms with Gasteiger partial charge in [0.25, 0.3) is 0 Å². The molecule has 4 aliphatic rings. The summed E-state index contributed by atoms with van der Waals surface area (Å²) in [6.07, 6.45) is 30.4. The van der Waals surface area contributed by atoms with Crippen molar-refractivity contribution in [3.63, 3.8) is 0 Å². The van der Waals surface area contributed by atoms with Gasteiger partial charge in [-0.15, -0.1) is 0 Å². The average molecular weight is 625 g/mol. The van der Waals surface area contributed by atoms with Gasteiger partial charge in [0.15, 0.2) is 0 Å². The van der Waals surface area contributed by atoms with E-state index >= 15 is 0 Å². The maximum absolute atomic E-state index is 12.7. The Hall–Kier alpha value is -1.88. The zero-order valence-electron chi connectivity index (χ0n) is 28.9. The Morgan fingerprint density at radius 2 is 1.60 bits per heavy atom. The van der Waals surface area contributed by atoms with Gasteiger partial charge < -0.3 is 14.9 Å². The van der Waals surface area contributed by atoms with E-state index in [0.29, 0.717) is 48.3 Å². The number of carboxylic acids is 1. The fourth-order valence-corrected chi connectivity index (χ4v) is 10.6. The molecule has 2 N–H and O–H groups in total. The maximum atomic E-state index is 12.7. The Labute approximate surface area is 274 Å². The highest BCUT2D eigenvalue weighted by Crippen LogP contribution is 2.68. The number of aliphatic carboxylic acids is 1. The van der Waals surface area contributed by atoms with Crippen LogP contribution in [0.5, 0.6) is 0 Å². The Balaban J connectivity index is 1.19. The van der Waals surface area contributed by atoms with Crippen molar-refractivity contribution in [2.24, 2.45) is 46.3 Å². The lowest BCUT2D eigenvalue weighted by molar-refractivity contribution is -0.181. The number of fused-ring (bicyclic) bond motifs is 5. The summed E-state index contributed by atoms with van der Waals surface area (Å²) >= 11 is 0. The van der Waals surface area contributed by atoms with Crippen LogP contribution in [0.2, 0.25) is 0 Å². The molecule has 4 saturated carbocycles. The van der Waals surface area contributed by atoms with Crippen molar-refractivity contribution in [1.29, 1.82) is 0 Å². The standard InChI is InChI=1S/C40H64O5/c1-5-6-7-8-9-10-11-12-13-14-15-16-17-18-38(44)45-31-25-26-39(3)30(27-31)20-21-32-34-23-22-33(29(2)19-24-37(42)43)40(34,4)36(41)28-35(32)39/h6-7,9-10,12-13,29-36,41H,5,8,11,14-28H2,1-4H3,(H,42,43)/b7-6-,10-9-,13-12-. The first-order chi connectivity index (χ1) is 21.6. The van der Waals surface area contributed by atoms with E-state index in [1.807, 2.05) is 0 Å². The Morgan fingerprint density at radius 1 is 0.867 bits per heavy atom. The number of carbonyl (C=O) groups is 2. The topological polar surface area (TPSA) is 83.8 Å². The molecule has 0 aromatic carbocycles. The van der Waals surface area contributed by atoms with Gasteiger partial charge in [-0.2, -0.15) is 0 Å². The van der Waals surface area contributed by atoms with Crippen LogP contribution < -0.4 is 0 Å². The summed E-state index contributed by atoms with van der Waals surface area (Å²) in [5, 5.41) is 21.0. The third kappa shape index (κ3) is 8.73. The molecule has 5 nitrogen and oxygen atoms in total. The van der Waals surface area contributed by atoms with Gasteiger partial charge in [-0.3, -0.25) is 9.59 Å². The summed E-state index contributed by atoms with van der Waals surface area (Å²) in [5.41, 5.74) is 0.102. The maximum Gasteiger partial charge on any atom is 0.306 e. The number of ether oxygens (including phenoxy) is 1. The van der Waals surface area contributed by atoms with Gasteiger partial charge in [0.1, 0.15) is 6.10 Å². The Bertz CT molecular complexity index is 1050. The van der Waals surface area contributed by atoms with Gasteiger partial charge >= 0.3 is 11.9 Å². The van der Waals surface area contributed by atoms with Gasteiger partial charge in [0, 0.05) is 12.8 Å². The molecule has 0 aliphatic heterocycles. The molecule has 10 unspecified atom stereocenters. The van der Waals surface area contributed by atoms with E-state index in [0.717, 1.165) is 77.0 Å². The van der Waals surface area contributed by atoms with E-state index < -0.39 is 5.97 Å². The number of allylic oxidation sites excluding steroid dienone is 6. The summed E-state index contributed by atoms with van der Waals surface area (Å²) in [6.45, 7) is 9.19. The second-order valence-corrected chi connectivity index (χ2v) is 15.6. The Kier molecular flexibility index (Phi) is 13.4. The lowest BCUT2D eigenvalue weighted by Crippen LogP contribution is -2.59. The molecule has 45 heavy (non-hydrogen) atoms. The number of esters is 1. The molecule has 0 saturated heterocycles. The SMILES string of the molecule is CC/C=C\C/C=C\C/C=C\CCCCCC(=O)OC1CCC2(C)C(CCC3C2CC(O)C2(C)C(C(C)CCC(=O)O)CCC32)C1. The van der Waals surface area contributed by atoms with Crippen LogP contribution in [0.1, 0.15) is 143 Å². The molecule has 5 heteroatoms. The molecule has 0 bridgehead atoms. The van der Waals surface area contributed by atoms with E-state index in [1.165, 1.54) is 19.3 Å². The Morgan fingerprint density at radius 3 is 2.33 bits per heavy atom. The van der Waals surface area contributed by atoms with E-state index in [-0.39, 0.29) is 35.4 Å². The van der Waals surface area contributed by atoms with Crippen LogP contribution >= 0.6 is 0 Å². The molecule has 4 rings (SSSR count). The molecule has 0 radical (unpaired) electrons. The normalized spacial score (nSPS) is 37.0. The van der Waals surface area contributed by atoms with Crippen LogP contribution in [0.3, 0.4) is 0 Å². The minimum Gasteiger partial charge on any atom is -0.481 e. The molecule has 0 aromatic heterocycles. The predicted octanol–water partition coefficient (Wildman–Crippen LogP) is 9.84. The first-order valence-electron chi connectivity index (χ1n) is 18.7. The van der Waals surface area contributed by atoms with Gasteiger partial charge in [-0.05, 0) is 143 Å². The van der Waals surface area contributed by atoms with E-state index in [9.17, 15) is 19.8 Å². The first kappa shape index (κ1) is 36.0.